The molecule has 19 heavy (non-hydrogen) atoms. The van der Waals surface area contributed by atoms with E-state index in [2.05, 4.69) is 4.90 Å². The predicted octanol–water partition coefficient (Wildman–Crippen LogP) is 1.72. The normalized spacial score (nSPS) is 26.2. The average molecular weight is 262 g/mol. The van der Waals surface area contributed by atoms with Crippen LogP contribution in [0.4, 0.5) is 11.4 Å². The van der Waals surface area contributed by atoms with Crippen LogP contribution in [0.5, 0.6) is 0 Å². The van der Waals surface area contributed by atoms with E-state index in [9.17, 15) is 4.79 Å². The number of hydrogen-bond donors (Lipinski definition) is 2. The third-order valence-electron chi connectivity index (χ3n) is 4.07. The Kier molecular flexibility index (Phi) is 3.06. The maximum absolute atomic E-state index is 11.1. The molecule has 102 valence electrons. The number of nitrogen functional groups attached to an aromatic ring is 1. The van der Waals surface area contributed by atoms with Gasteiger partial charge in [0.15, 0.2) is 0 Å². The fourth-order valence-electron chi connectivity index (χ4n) is 3.15. The average Bonchev–Trinajstić information content (AvgIpc) is 2.87. The number of carbonyl (C=O) groups is 1. The highest BCUT2D eigenvalue weighted by atomic mass is 16.5. The largest absolute Gasteiger partial charge is 0.478 e. The van der Waals surface area contributed by atoms with E-state index in [1.54, 1.807) is 18.2 Å². The first-order chi connectivity index (χ1) is 9.16. The third-order valence-corrected chi connectivity index (χ3v) is 4.07. The number of carboxylic acid groups (broad SMARTS) is 1. The molecule has 3 rings (SSSR count). The summed E-state index contributed by atoms with van der Waals surface area (Å²) in [7, 11) is 0. The number of ether oxygens (including phenoxy) is 1. The van der Waals surface area contributed by atoms with Gasteiger partial charge in [0.1, 0.15) is 0 Å². The molecule has 5 heteroatoms. The van der Waals surface area contributed by atoms with Gasteiger partial charge >= 0.3 is 5.97 Å². The number of fused-ring (bicyclic) bond motifs is 1. The van der Waals surface area contributed by atoms with Gasteiger partial charge in [-0.2, -0.15) is 0 Å². The van der Waals surface area contributed by atoms with Gasteiger partial charge < -0.3 is 20.5 Å². The minimum atomic E-state index is -0.919. The van der Waals surface area contributed by atoms with Gasteiger partial charge in [-0.25, -0.2) is 4.79 Å². The van der Waals surface area contributed by atoms with Crippen molar-refractivity contribution in [2.75, 3.05) is 23.8 Å². The number of rotatable bonds is 2. The highest BCUT2D eigenvalue weighted by Gasteiger charge is 2.36. The highest BCUT2D eigenvalue weighted by molar-refractivity contribution is 5.90. The summed E-state index contributed by atoms with van der Waals surface area (Å²) in [6.07, 6.45) is 3.59. The minimum absolute atomic E-state index is 0.265. The Balaban J connectivity index is 1.96. The number of carboxylic acids is 1. The van der Waals surface area contributed by atoms with E-state index in [1.807, 2.05) is 0 Å². The van der Waals surface area contributed by atoms with Crippen molar-refractivity contribution < 1.29 is 14.6 Å². The molecule has 1 aliphatic heterocycles. The van der Waals surface area contributed by atoms with Crippen LogP contribution in [0.25, 0.3) is 0 Å². The van der Waals surface area contributed by atoms with Gasteiger partial charge in [-0.1, -0.05) is 0 Å². The summed E-state index contributed by atoms with van der Waals surface area (Å²) in [5.74, 6) is -0.919. The number of morpholine rings is 1. The Labute approximate surface area is 112 Å². The SMILES string of the molecule is Nc1ccc(C(=O)O)cc1N1CCOC2CCCC21. The molecule has 0 bridgehead atoms. The topological polar surface area (TPSA) is 75.8 Å². The van der Waals surface area contributed by atoms with E-state index < -0.39 is 5.97 Å². The molecule has 2 atom stereocenters. The monoisotopic (exact) mass is 262 g/mol. The number of hydrogen-bond acceptors (Lipinski definition) is 4. The van der Waals surface area contributed by atoms with Gasteiger partial charge in [-0.05, 0) is 37.5 Å². The zero-order valence-corrected chi connectivity index (χ0v) is 10.7. The lowest BCUT2D eigenvalue weighted by atomic mass is 10.1. The molecule has 1 aromatic carbocycles. The standard InChI is InChI=1S/C14H18N2O3/c15-10-5-4-9(14(17)18)8-12(10)16-6-7-19-13-3-1-2-11(13)16/h4-5,8,11,13H,1-3,6-7,15H2,(H,17,18). The Bertz CT molecular complexity index is 503. The number of nitrogens with zero attached hydrogens (tertiary/aromatic N) is 1. The molecular weight excluding hydrogens is 244 g/mol. The lowest BCUT2D eigenvalue weighted by Gasteiger charge is -2.40. The first kappa shape index (κ1) is 12.3. The lowest BCUT2D eigenvalue weighted by Crippen LogP contribution is -2.48. The van der Waals surface area contributed by atoms with Gasteiger partial charge in [0, 0.05) is 6.54 Å². The van der Waals surface area contributed by atoms with Gasteiger partial charge in [0.25, 0.3) is 0 Å². The zero-order chi connectivity index (χ0) is 13.4. The lowest BCUT2D eigenvalue weighted by molar-refractivity contribution is 0.0257. The quantitative estimate of drug-likeness (QED) is 0.794. The first-order valence-electron chi connectivity index (χ1n) is 6.68. The molecule has 0 amide bonds. The van der Waals surface area contributed by atoms with E-state index in [0.29, 0.717) is 18.3 Å². The van der Waals surface area contributed by atoms with Crippen LogP contribution in [0.1, 0.15) is 29.6 Å². The molecule has 2 aliphatic rings. The summed E-state index contributed by atoms with van der Waals surface area (Å²) >= 11 is 0. The zero-order valence-electron chi connectivity index (χ0n) is 10.7. The van der Waals surface area contributed by atoms with Gasteiger partial charge in [-0.15, -0.1) is 0 Å². The van der Waals surface area contributed by atoms with Crippen molar-refractivity contribution in [2.24, 2.45) is 0 Å². The number of benzene rings is 1. The molecule has 1 aliphatic carbocycles. The molecule has 3 N–H and O–H groups in total. The number of aromatic carboxylic acids is 1. The van der Waals surface area contributed by atoms with Crippen LogP contribution in [0.15, 0.2) is 18.2 Å². The summed E-state index contributed by atoms with van der Waals surface area (Å²) in [6.45, 7) is 1.45. The smallest absolute Gasteiger partial charge is 0.335 e. The van der Waals surface area contributed by atoms with Crippen molar-refractivity contribution in [1.82, 2.24) is 0 Å². The summed E-state index contributed by atoms with van der Waals surface area (Å²) in [5.41, 5.74) is 7.78. The Morgan fingerprint density at radius 3 is 3.05 bits per heavy atom. The van der Waals surface area contributed by atoms with Crippen molar-refractivity contribution in [2.45, 2.75) is 31.4 Å². The van der Waals surface area contributed by atoms with E-state index >= 15 is 0 Å². The van der Waals surface area contributed by atoms with Crippen LogP contribution in [0, 0.1) is 0 Å². The molecule has 1 saturated carbocycles. The summed E-state index contributed by atoms with van der Waals surface area (Å²) in [4.78, 5) is 13.3. The Morgan fingerprint density at radius 1 is 1.42 bits per heavy atom. The second-order valence-electron chi connectivity index (χ2n) is 5.18. The molecular formula is C14H18N2O3. The van der Waals surface area contributed by atoms with Crippen LogP contribution >= 0.6 is 0 Å². The molecule has 2 unspecified atom stereocenters. The summed E-state index contributed by atoms with van der Waals surface area (Å²) in [6, 6.07) is 5.24. The maximum Gasteiger partial charge on any atom is 0.335 e. The summed E-state index contributed by atoms with van der Waals surface area (Å²) in [5, 5.41) is 9.10. The molecule has 0 aromatic heterocycles. The second kappa shape index (κ2) is 4.74. The first-order valence-corrected chi connectivity index (χ1v) is 6.68. The molecule has 1 aromatic rings. The number of anilines is 2. The molecule has 0 radical (unpaired) electrons. The van der Waals surface area contributed by atoms with E-state index in [4.69, 9.17) is 15.6 Å². The van der Waals surface area contributed by atoms with Crippen LogP contribution in [-0.2, 0) is 4.74 Å². The Hall–Kier alpha value is -1.75. The fourth-order valence-corrected chi connectivity index (χ4v) is 3.15. The van der Waals surface area contributed by atoms with Gasteiger partial charge in [0.05, 0.1) is 35.7 Å². The van der Waals surface area contributed by atoms with E-state index in [1.165, 1.54) is 0 Å². The summed E-state index contributed by atoms with van der Waals surface area (Å²) < 4.78 is 5.77. The maximum atomic E-state index is 11.1. The Morgan fingerprint density at radius 2 is 2.26 bits per heavy atom. The molecule has 5 nitrogen and oxygen atoms in total. The van der Waals surface area contributed by atoms with Crippen molar-refractivity contribution >= 4 is 17.3 Å². The third kappa shape index (κ3) is 2.14. The second-order valence-corrected chi connectivity index (χ2v) is 5.18. The number of nitrogens with two attached hydrogens (primary N) is 1. The molecule has 0 spiro atoms. The van der Waals surface area contributed by atoms with Crippen LogP contribution in [0.2, 0.25) is 0 Å². The van der Waals surface area contributed by atoms with E-state index in [-0.39, 0.29) is 11.7 Å². The predicted molar refractivity (Wildman–Crippen MR) is 72.5 cm³/mol. The van der Waals surface area contributed by atoms with Crippen molar-refractivity contribution in [3.8, 4) is 0 Å². The fraction of sp³-hybridized carbons (Fsp3) is 0.500. The molecule has 1 heterocycles. The highest BCUT2D eigenvalue weighted by Crippen LogP contribution is 2.36. The van der Waals surface area contributed by atoms with Crippen molar-refractivity contribution in [3.63, 3.8) is 0 Å². The van der Waals surface area contributed by atoms with E-state index in [0.717, 1.165) is 31.5 Å². The van der Waals surface area contributed by atoms with Gasteiger partial charge in [0.2, 0.25) is 0 Å². The van der Waals surface area contributed by atoms with Crippen molar-refractivity contribution in [3.05, 3.63) is 23.8 Å². The van der Waals surface area contributed by atoms with Crippen LogP contribution < -0.4 is 10.6 Å². The molecule has 1 saturated heterocycles. The molecule has 2 fully saturated rings. The minimum Gasteiger partial charge on any atom is -0.478 e. The van der Waals surface area contributed by atoms with Gasteiger partial charge in [-0.3, -0.25) is 0 Å². The van der Waals surface area contributed by atoms with Crippen LogP contribution in [-0.4, -0.2) is 36.4 Å². The van der Waals surface area contributed by atoms with Crippen LogP contribution in [0.3, 0.4) is 0 Å². The van der Waals surface area contributed by atoms with Crippen molar-refractivity contribution in [1.29, 1.82) is 0 Å².